The summed E-state index contributed by atoms with van der Waals surface area (Å²) in [6.45, 7) is 4.19. The topological polar surface area (TPSA) is 35.5 Å². The van der Waals surface area contributed by atoms with Gasteiger partial charge < -0.3 is 9.47 Å². The quantitative estimate of drug-likeness (QED) is 0.713. The monoisotopic (exact) mass is 208 g/mol. The molecule has 0 atom stereocenters. The second-order valence-corrected chi connectivity index (χ2v) is 3.10. The van der Waals surface area contributed by atoms with Crippen molar-refractivity contribution in [3.8, 4) is 5.75 Å². The van der Waals surface area contributed by atoms with Gasteiger partial charge in [-0.05, 0) is 37.1 Å². The summed E-state index contributed by atoms with van der Waals surface area (Å²) >= 11 is 0. The number of hydrogen-bond donors (Lipinski definition) is 0. The third-order valence-electron chi connectivity index (χ3n) is 2.19. The van der Waals surface area contributed by atoms with E-state index >= 15 is 0 Å². The summed E-state index contributed by atoms with van der Waals surface area (Å²) in [4.78, 5) is 11.6. The summed E-state index contributed by atoms with van der Waals surface area (Å²) in [5.41, 5.74) is 1.58. The van der Waals surface area contributed by atoms with E-state index in [1.165, 1.54) is 0 Å². The third kappa shape index (κ3) is 2.72. The van der Waals surface area contributed by atoms with Crippen molar-refractivity contribution in [1.29, 1.82) is 0 Å². The van der Waals surface area contributed by atoms with Gasteiger partial charge in [-0.25, -0.2) is 4.79 Å². The minimum Gasteiger partial charge on any atom is -0.497 e. The van der Waals surface area contributed by atoms with Crippen LogP contribution in [0, 0.1) is 0 Å². The molecule has 0 aliphatic carbocycles. The van der Waals surface area contributed by atoms with Gasteiger partial charge in [0.1, 0.15) is 5.75 Å². The molecule has 82 valence electrons. The number of carbonyl (C=O) groups is 1. The maximum Gasteiger partial charge on any atom is 0.338 e. The number of hydrogen-bond acceptors (Lipinski definition) is 3. The summed E-state index contributed by atoms with van der Waals surface area (Å²) in [5.74, 6) is 0.497. The molecule has 0 unspecified atom stereocenters. The van der Waals surface area contributed by atoms with Crippen LogP contribution in [-0.4, -0.2) is 19.7 Å². The van der Waals surface area contributed by atoms with Gasteiger partial charge in [0.2, 0.25) is 0 Å². The van der Waals surface area contributed by atoms with Gasteiger partial charge in [-0.1, -0.05) is 6.92 Å². The van der Waals surface area contributed by atoms with Crippen LogP contribution in [0.1, 0.15) is 29.8 Å². The van der Waals surface area contributed by atoms with Crippen LogP contribution < -0.4 is 4.74 Å². The summed E-state index contributed by atoms with van der Waals surface area (Å²) in [7, 11) is 1.61. The zero-order valence-electron chi connectivity index (χ0n) is 9.37. The highest BCUT2D eigenvalue weighted by molar-refractivity contribution is 5.91. The number of ether oxygens (including phenoxy) is 2. The lowest BCUT2D eigenvalue weighted by Crippen LogP contribution is -2.07. The van der Waals surface area contributed by atoms with Crippen LogP contribution in [0.15, 0.2) is 18.2 Å². The van der Waals surface area contributed by atoms with Crippen molar-refractivity contribution in [2.45, 2.75) is 20.3 Å². The summed E-state index contributed by atoms with van der Waals surface area (Å²) < 4.78 is 10.1. The standard InChI is InChI=1S/C12H16O3/c1-4-9-8-10(14-3)6-7-11(9)12(13)15-5-2/h6-8H,4-5H2,1-3H3. The first-order chi connectivity index (χ1) is 7.22. The Morgan fingerprint density at radius 3 is 2.60 bits per heavy atom. The molecule has 0 amide bonds. The molecular weight excluding hydrogens is 192 g/mol. The highest BCUT2D eigenvalue weighted by atomic mass is 16.5. The van der Waals surface area contributed by atoms with Crippen LogP contribution in [0.4, 0.5) is 0 Å². The van der Waals surface area contributed by atoms with E-state index in [-0.39, 0.29) is 5.97 Å². The van der Waals surface area contributed by atoms with Gasteiger partial charge in [-0.15, -0.1) is 0 Å². The zero-order chi connectivity index (χ0) is 11.3. The highest BCUT2D eigenvalue weighted by Gasteiger charge is 2.11. The van der Waals surface area contributed by atoms with Crippen molar-refractivity contribution in [3.63, 3.8) is 0 Å². The fourth-order valence-electron chi connectivity index (χ4n) is 1.40. The van der Waals surface area contributed by atoms with Crippen molar-refractivity contribution < 1.29 is 14.3 Å². The minimum atomic E-state index is -0.267. The number of methoxy groups -OCH3 is 1. The zero-order valence-corrected chi connectivity index (χ0v) is 9.37. The van der Waals surface area contributed by atoms with Gasteiger partial charge in [0.25, 0.3) is 0 Å². The largest absolute Gasteiger partial charge is 0.497 e. The predicted molar refractivity (Wildman–Crippen MR) is 58.3 cm³/mol. The highest BCUT2D eigenvalue weighted by Crippen LogP contribution is 2.19. The molecule has 3 nitrogen and oxygen atoms in total. The lowest BCUT2D eigenvalue weighted by Gasteiger charge is -2.08. The van der Waals surface area contributed by atoms with Crippen LogP contribution in [0.5, 0.6) is 5.75 Å². The molecule has 0 saturated carbocycles. The van der Waals surface area contributed by atoms with Gasteiger partial charge in [-0.3, -0.25) is 0 Å². The average Bonchev–Trinajstić information content (AvgIpc) is 2.28. The summed E-state index contributed by atoms with van der Waals surface area (Å²) in [5, 5.41) is 0. The van der Waals surface area contributed by atoms with E-state index in [1.54, 1.807) is 26.2 Å². The average molecular weight is 208 g/mol. The van der Waals surface area contributed by atoms with E-state index in [1.807, 2.05) is 13.0 Å². The second kappa shape index (κ2) is 5.39. The molecule has 0 heterocycles. The maximum atomic E-state index is 11.6. The molecule has 1 aromatic carbocycles. The van der Waals surface area contributed by atoms with Crippen molar-refractivity contribution in [2.75, 3.05) is 13.7 Å². The minimum absolute atomic E-state index is 0.267. The van der Waals surface area contributed by atoms with Crippen LogP contribution in [0.3, 0.4) is 0 Å². The Morgan fingerprint density at radius 2 is 2.07 bits per heavy atom. The second-order valence-electron chi connectivity index (χ2n) is 3.10. The first-order valence-electron chi connectivity index (χ1n) is 5.07. The Hall–Kier alpha value is -1.51. The van der Waals surface area contributed by atoms with Gasteiger partial charge in [0.05, 0.1) is 19.3 Å². The molecule has 1 aromatic rings. The van der Waals surface area contributed by atoms with Gasteiger partial charge in [-0.2, -0.15) is 0 Å². The van der Waals surface area contributed by atoms with E-state index < -0.39 is 0 Å². The molecule has 0 radical (unpaired) electrons. The van der Waals surface area contributed by atoms with Crippen molar-refractivity contribution in [3.05, 3.63) is 29.3 Å². The molecule has 3 heteroatoms. The molecule has 0 aliphatic rings. The fraction of sp³-hybridized carbons (Fsp3) is 0.417. The summed E-state index contributed by atoms with van der Waals surface area (Å²) in [6, 6.07) is 5.38. The Bertz CT molecular complexity index is 345. The predicted octanol–water partition coefficient (Wildman–Crippen LogP) is 2.43. The van der Waals surface area contributed by atoms with E-state index in [2.05, 4.69) is 0 Å². The molecule has 0 spiro atoms. The molecular formula is C12H16O3. The Labute approximate surface area is 90.0 Å². The summed E-state index contributed by atoms with van der Waals surface area (Å²) in [6.07, 6.45) is 0.783. The number of aryl methyl sites for hydroxylation is 1. The molecule has 0 saturated heterocycles. The Kier molecular flexibility index (Phi) is 4.16. The number of esters is 1. The molecule has 0 aromatic heterocycles. The number of rotatable bonds is 4. The van der Waals surface area contributed by atoms with E-state index in [0.29, 0.717) is 12.2 Å². The first-order valence-corrected chi connectivity index (χ1v) is 5.07. The van der Waals surface area contributed by atoms with Crippen molar-refractivity contribution in [1.82, 2.24) is 0 Å². The van der Waals surface area contributed by atoms with E-state index in [4.69, 9.17) is 9.47 Å². The van der Waals surface area contributed by atoms with E-state index in [9.17, 15) is 4.79 Å². The first kappa shape index (κ1) is 11.6. The van der Waals surface area contributed by atoms with Crippen LogP contribution in [-0.2, 0) is 11.2 Å². The smallest absolute Gasteiger partial charge is 0.338 e. The van der Waals surface area contributed by atoms with Gasteiger partial charge >= 0.3 is 5.97 Å². The number of carbonyl (C=O) groups excluding carboxylic acids is 1. The normalized spacial score (nSPS) is 9.80. The third-order valence-corrected chi connectivity index (χ3v) is 2.19. The fourth-order valence-corrected chi connectivity index (χ4v) is 1.40. The van der Waals surface area contributed by atoms with Crippen LogP contribution >= 0.6 is 0 Å². The number of benzene rings is 1. The maximum absolute atomic E-state index is 11.6. The lowest BCUT2D eigenvalue weighted by molar-refractivity contribution is 0.0525. The molecule has 15 heavy (non-hydrogen) atoms. The Balaban J connectivity index is 3.02. The van der Waals surface area contributed by atoms with Crippen LogP contribution in [0.2, 0.25) is 0 Å². The van der Waals surface area contributed by atoms with E-state index in [0.717, 1.165) is 17.7 Å². The molecule has 0 N–H and O–H groups in total. The van der Waals surface area contributed by atoms with Gasteiger partial charge in [0, 0.05) is 0 Å². The van der Waals surface area contributed by atoms with Crippen molar-refractivity contribution >= 4 is 5.97 Å². The lowest BCUT2D eigenvalue weighted by atomic mass is 10.1. The van der Waals surface area contributed by atoms with Crippen LogP contribution in [0.25, 0.3) is 0 Å². The van der Waals surface area contributed by atoms with Crippen molar-refractivity contribution in [2.24, 2.45) is 0 Å². The van der Waals surface area contributed by atoms with Gasteiger partial charge in [0.15, 0.2) is 0 Å². The molecule has 0 bridgehead atoms. The molecule has 0 fully saturated rings. The molecule has 1 rings (SSSR count). The SMILES string of the molecule is CCOC(=O)c1ccc(OC)cc1CC. The Morgan fingerprint density at radius 1 is 1.33 bits per heavy atom. The molecule has 0 aliphatic heterocycles.